The second-order valence-electron chi connectivity index (χ2n) is 7.57. The van der Waals surface area contributed by atoms with Gasteiger partial charge in [-0.05, 0) is 75.9 Å². The summed E-state index contributed by atoms with van der Waals surface area (Å²) in [4.78, 5) is 27.5. The van der Waals surface area contributed by atoms with Crippen molar-refractivity contribution in [2.45, 2.75) is 47.6 Å². The van der Waals surface area contributed by atoms with Gasteiger partial charge in [0.2, 0.25) is 0 Å². The highest BCUT2D eigenvalue weighted by Gasteiger charge is 2.41. The number of nitrogens with one attached hydrogen (secondary N) is 1. The number of imide groups is 1. The molecule has 0 unspecified atom stereocenters. The molecule has 1 heterocycles. The molecule has 4 heteroatoms. The van der Waals surface area contributed by atoms with Crippen LogP contribution in [0.4, 0.5) is 5.69 Å². The van der Waals surface area contributed by atoms with Crippen molar-refractivity contribution in [2.75, 3.05) is 5.32 Å². The lowest BCUT2D eigenvalue weighted by molar-refractivity contribution is -0.138. The summed E-state index contributed by atoms with van der Waals surface area (Å²) in [7, 11) is 0. The van der Waals surface area contributed by atoms with Gasteiger partial charge in [0.1, 0.15) is 5.70 Å². The highest BCUT2D eigenvalue weighted by molar-refractivity contribution is 6.36. The molecule has 1 aliphatic rings. The van der Waals surface area contributed by atoms with E-state index in [0.717, 1.165) is 27.9 Å². The topological polar surface area (TPSA) is 49.4 Å². The van der Waals surface area contributed by atoms with Crippen molar-refractivity contribution >= 4 is 23.1 Å². The Morgan fingerprint density at radius 2 is 1.52 bits per heavy atom. The number of carbonyl (C=O) groups is 2. The van der Waals surface area contributed by atoms with Crippen LogP contribution in [-0.4, -0.2) is 22.8 Å². The van der Waals surface area contributed by atoms with Gasteiger partial charge < -0.3 is 5.32 Å². The fourth-order valence-electron chi connectivity index (χ4n) is 3.44. The molecule has 0 fully saturated rings. The molecule has 0 bridgehead atoms. The Kier molecular flexibility index (Phi) is 4.92. The van der Waals surface area contributed by atoms with E-state index in [1.165, 1.54) is 10.5 Å². The van der Waals surface area contributed by atoms with Gasteiger partial charge in [0.25, 0.3) is 11.8 Å². The Morgan fingerprint density at radius 3 is 2.11 bits per heavy atom. The van der Waals surface area contributed by atoms with Crippen LogP contribution in [0.5, 0.6) is 0 Å². The van der Waals surface area contributed by atoms with Crippen molar-refractivity contribution in [3.63, 3.8) is 0 Å². The SMILES string of the molecule is Cc1ccc(C2=C(Nc3ccc(C)c(C)c3)C(=O)N(C(C)C)C2=O)c(C)c1. The highest BCUT2D eigenvalue weighted by Crippen LogP contribution is 2.33. The van der Waals surface area contributed by atoms with Crippen LogP contribution in [0.15, 0.2) is 42.1 Å². The molecule has 0 spiro atoms. The number of nitrogens with zero attached hydrogens (tertiary/aromatic N) is 1. The van der Waals surface area contributed by atoms with E-state index in [4.69, 9.17) is 0 Å². The normalized spacial score (nSPS) is 14.6. The first-order valence-corrected chi connectivity index (χ1v) is 9.24. The van der Waals surface area contributed by atoms with E-state index in [9.17, 15) is 9.59 Å². The molecular weight excluding hydrogens is 336 g/mol. The van der Waals surface area contributed by atoms with Crippen LogP contribution >= 0.6 is 0 Å². The van der Waals surface area contributed by atoms with Crippen molar-refractivity contribution in [1.82, 2.24) is 4.90 Å². The average molecular weight is 362 g/mol. The minimum absolute atomic E-state index is 0.204. The lowest BCUT2D eigenvalue weighted by Crippen LogP contribution is -2.38. The number of anilines is 1. The van der Waals surface area contributed by atoms with E-state index in [-0.39, 0.29) is 17.9 Å². The van der Waals surface area contributed by atoms with Gasteiger partial charge in [0.05, 0.1) is 5.57 Å². The van der Waals surface area contributed by atoms with Crippen LogP contribution in [0.1, 0.15) is 41.7 Å². The summed E-state index contributed by atoms with van der Waals surface area (Å²) in [6.07, 6.45) is 0. The predicted molar refractivity (Wildman–Crippen MR) is 109 cm³/mol. The first kappa shape index (κ1) is 18.9. The summed E-state index contributed by atoms with van der Waals surface area (Å²) in [5.74, 6) is -0.517. The van der Waals surface area contributed by atoms with Crippen LogP contribution in [-0.2, 0) is 9.59 Å². The lowest BCUT2D eigenvalue weighted by Gasteiger charge is -2.19. The Balaban J connectivity index is 2.15. The Hall–Kier alpha value is -2.88. The smallest absolute Gasteiger partial charge is 0.278 e. The molecule has 0 saturated heterocycles. The monoisotopic (exact) mass is 362 g/mol. The third-order valence-electron chi connectivity index (χ3n) is 5.06. The van der Waals surface area contributed by atoms with Gasteiger partial charge in [-0.1, -0.05) is 29.8 Å². The number of rotatable bonds is 4. The number of hydrogen-bond acceptors (Lipinski definition) is 3. The molecule has 4 nitrogen and oxygen atoms in total. The lowest BCUT2D eigenvalue weighted by atomic mass is 9.97. The van der Waals surface area contributed by atoms with Gasteiger partial charge in [0.15, 0.2) is 0 Å². The number of aryl methyl sites for hydroxylation is 4. The summed E-state index contributed by atoms with van der Waals surface area (Å²) in [5, 5.41) is 3.23. The minimum atomic E-state index is -0.275. The van der Waals surface area contributed by atoms with E-state index in [0.29, 0.717) is 11.3 Å². The van der Waals surface area contributed by atoms with E-state index in [1.54, 1.807) is 0 Å². The Morgan fingerprint density at radius 1 is 0.815 bits per heavy atom. The molecule has 2 aromatic rings. The summed E-state index contributed by atoms with van der Waals surface area (Å²) in [6, 6.07) is 11.7. The Bertz CT molecular complexity index is 970. The quantitative estimate of drug-likeness (QED) is 0.814. The number of hydrogen-bond donors (Lipinski definition) is 1. The zero-order valence-electron chi connectivity index (χ0n) is 16.8. The molecule has 0 aliphatic carbocycles. The van der Waals surface area contributed by atoms with Gasteiger partial charge in [-0.15, -0.1) is 0 Å². The highest BCUT2D eigenvalue weighted by atomic mass is 16.2. The zero-order valence-corrected chi connectivity index (χ0v) is 16.8. The van der Waals surface area contributed by atoms with Crippen LogP contribution in [0, 0.1) is 27.7 Å². The predicted octanol–water partition coefficient (Wildman–Crippen LogP) is 4.52. The summed E-state index contributed by atoms with van der Waals surface area (Å²) < 4.78 is 0. The molecule has 1 aliphatic heterocycles. The van der Waals surface area contributed by atoms with E-state index < -0.39 is 0 Å². The van der Waals surface area contributed by atoms with E-state index in [2.05, 4.69) is 5.32 Å². The summed E-state index contributed by atoms with van der Waals surface area (Å²) in [5.41, 5.74) is 6.82. The molecule has 1 N–H and O–H groups in total. The number of carbonyl (C=O) groups excluding carboxylic acids is 2. The van der Waals surface area contributed by atoms with Crippen molar-refractivity contribution in [3.05, 3.63) is 69.9 Å². The van der Waals surface area contributed by atoms with Gasteiger partial charge in [0, 0.05) is 11.7 Å². The van der Waals surface area contributed by atoms with E-state index >= 15 is 0 Å². The maximum absolute atomic E-state index is 13.1. The second kappa shape index (κ2) is 7.03. The maximum atomic E-state index is 13.1. The maximum Gasteiger partial charge on any atom is 0.278 e. The molecule has 3 rings (SSSR count). The van der Waals surface area contributed by atoms with E-state index in [1.807, 2.05) is 77.9 Å². The standard InChI is InChI=1S/C23H26N2O2/c1-13(2)25-22(26)20(19-10-7-14(3)11-17(19)6)21(23(25)27)24-18-9-8-15(4)16(5)12-18/h7-13,24H,1-6H3. The molecule has 0 aromatic heterocycles. The van der Waals surface area contributed by atoms with Gasteiger partial charge in [-0.2, -0.15) is 0 Å². The fraction of sp³-hybridized carbons (Fsp3) is 0.304. The largest absolute Gasteiger partial charge is 0.350 e. The van der Waals surface area contributed by atoms with Crippen molar-refractivity contribution in [3.8, 4) is 0 Å². The molecule has 0 saturated carbocycles. The molecule has 0 radical (unpaired) electrons. The van der Waals surface area contributed by atoms with Crippen LogP contribution in [0.3, 0.4) is 0 Å². The number of amides is 2. The molecule has 0 atom stereocenters. The molecular formula is C23H26N2O2. The third-order valence-corrected chi connectivity index (χ3v) is 5.06. The first-order chi connectivity index (χ1) is 12.7. The Labute approximate surface area is 160 Å². The molecule has 140 valence electrons. The average Bonchev–Trinajstić information content (AvgIpc) is 2.82. The third kappa shape index (κ3) is 3.39. The van der Waals surface area contributed by atoms with Crippen LogP contribution in [0.25, 0.3) is 5.57 Å². The molecule has 2 amide bonds. The van der Waals surface area contributed by atoms with Gasteiger partial charge in [-0.3, -0.25) is 14.5 Å². The fourth-order valence-corrected chi connectivity index (χ4v) is 3.44. The second-order valence-corrected chi connectivity index (χ2v) is 7.57. The van der Waals surface area contributed by atoms with Crippen molar-refractivity contribution < 1.29 is 9.59 Å². The molecule has 27 heavy (non-hydrogen) atoms. The van der Waals surface area contributed by atoms with Crippen LogP contribution < -0.4 is 5.32 Å². The zero-order chi connectivity index (χ0) is 19.9. The summed E-state index contributed by atoms with van der Waals surface area (Å²) >= 11 is 0. The first-order valence-electron chi connectivity index (χ1n) is 9.24. The van der Waals surface area contributed by atoms with Crippen LogP contribution in [0.2, 0.25) is 0 Å². The minimum Gasteiger partial charge on any atom is -0.350 e. The van der Waals surface area contributed by atoms with Crippen molar-refractivity contribution in [2.24, 2.45) is 0 Å². The summed E-state index contributed by atoms with van der Waals surface area (Å²) in [6.45, 7) is 11.8. The van der Waals surface area contributed by atoms with Gasteiger partial charge in [-0.25, -0.2) is 0 Å². The van der Waals surface area contributed by atoms with Gasteiger partial charge >= 0.3 is 0 Å². The van der Waals surface area contributed by atoms with Crippen molar-refractivity contribution in [1.29, 1.82) is 0 Å². The molecule has 2 aromatic carbocycles. The number of benzene rings is 2.